The molecule has 0 saturated carbocycles. The molecule has 340 valence electrons. The van der Waals surface area contributed by atoms with Gasteiger partial charge in [0, 0.05) is 32.2 Å². The molecule has 0 saturated heterocycles. The molecule has 0 bridgehead atoms. The lowest BCUT2D eigenvalue weighted by Crippen LogP contribution is -2.29. The lowest BCUT2D eigenvalue weighted by Gasteiger charge is -2.19. The number of aryl methyl sites for hydroxylation is 2. The molecule has 0 aliphatic rings. The van der Waals surface area contributed by atoms with Crippen LogP contribution in [0.2, 0.25) is 0 Å². The standard InChI is InChI=1S/C47H76NO11P/c1-5-7-20-28-41(49)30-22-18-19-23-31-42(50)29-21-14-12-13-16-25-33-46(51)55-37-43(38-57-60(53,54)56-36-35-48)58-47(52)34-26-17-11-9-8-10-15-24-32-45-40(4)39(3)44(59-45)27-6-2/h7,13-14,16,18-23,30-31,41-43,49-50H,5-6,8-12,15,17,24-29,32-38,48H2,1-4H3,(H,53,54)/b16-13-,19-18-,20-7-,21-14-,30-22+,31-23+/t41-,42+,43-/m1/s1. The minimum Gasteiger partial charge on any atom is -0.466 e. The maximum Gasteiger partial charge on any atom is 0.472 e. The van der Waals surface area contributed by atoms with Gasteiger partial charge in [0.05, 0.1) is 25.4 Å². The summed E-state index contributed by atoms with van der Waals surface area (Å²) >= 11 is 0. The van der Waals surface area contributed by atoms with Gasteiger partial charge >= 0.3 is 19.8 Å². The number of phosphoric acid groups is 1. The number of hydrogen-bond acceptors (Lipinski definition) is 11. The van der Waals surface area contributed by atoms with Crippen LogP contribution in [0.1, 0.15) is 139 Å². The van der Waals surface area contributed by atoms with Crippen molar-refractivity contribution in [1.82, 2.24) is 0 Å². The molecule has 13 heteroatoms. The molecule has 0 aliphatic carbocycles. The number of rotatable bonds is 36. The molecular formula is C47H76NO11P. The summed E-state index contributed by atoms with van der Waals surface area (Å²) in [7, 11) is -4.44. The molecule has 4 atom stereocenters. The molecule has 5 N–H and O–H groups in total. The Morgan fingerprint density at radius 3 is 1.92 bits per heavy atom. The van der Waals surface area contributed by atoms with Crippen molar-refractivity contribution in [3.05, 3.63) is 95.6 Å². The second kappa shape index (κ2) is 35.3. The Balaban J connectivity index is 2.34. The minimum absolute atomic E-state index is 0.0170. The van der Waals surface area contributed by atoms with Crippen LogP contribution in [0.4, 0.5) is 0 Å². The number of hydrogen-bond donors (Lipinski definition) is 4. The lowest BCUT2D eigenvalue weighted by atomic mass is 10.0. The van der Waals surface area contributed by atoms with Gasteiger partial charge in [-0.05, 0) is 76.3 Å². The second-order valence-electron chi connectivity index (χ2n) is 14.8. The Bertz CT molecular complexity index is 1530. The van der Waals surface area contributed by atoms with E-state index in [1.165, 1.54) is 11.1 Å². The maximum absolute atomic E-state index is 12.6. The molecule has 1 aromatic heterocycles. The number of aliphatic hydroxyl groups is 2. The average molecular weight is 862 g/mol. The normalized spacial score (nSPS) is 15.0. The fraction of sp³-hybridized carbons (Fsp3) is 0.617. The van der Waals surface area contributed by atoms with Gasteiger partial charge in [0.15, 0.2) is 6.10 Å². The molecule has 1 rings (SSSR count). The fourth-order valence-corrected chi connectivity index (χ4v) is 6.71. The maximum atomic E-state index is 12.6. The van der Waals surface area contributed by atoms with Crippen molar-refractivity contribution in [2.45, 2.75) is 162 Å². The number of unbranched alkanes of at least 4 members (excludes halogenated alkanes) is 7. The summed E-state index contributed by atoms with van der Waals surface area (Å²) in [5, 5.41) is 20.0. The molecule has 0 spiro atoms. The largest absolute Gasteiger partial charge is 0.472 e. The number of carbonyl (C=O) groups is 2. The van der Waals surface area contributed by atoms with Gasteiger partial charge in [0.2, 0.25) is 0 Å². The van der Waals surface area contributed by atoms with E-state index in [0.717, 1.165) is 82.1 Å². The third-order valence-electron chi connectivity index (χ3n) is 9.46. The van der Waals surface area contributed by atoms with Crippen LogP contribution in [-0.4, -0.2) is 71.7 Å². The van der Waals surface area contributed by atoms with E-state index in [-0.39, 0.29) is 32.6 Å². The van der Waals surface area contributed by atoms with Gasteiger partial charge in [-0.3, -0.25) is 18.6 Å². The Morgan fingerprint density at radius 1 is 0.717 bits per heavy atom. The van der Waals surface area contributed by atoms with Crippen LogP contribution in [0, 0.1) is 13.8 Å². The van der Waals surface area contributed by atoms with Gasteiger partial charge < -0.3 is 34.7 Å². The molecule has 12 nitrogen and oxygen atoms in total. The van der Waals surface area contributed by atoms with Crippen LogP contribution < -0.4 is 5.73 Å². The number of phosphoric ester groups is 1. The summed E-state index contributed by atoms with van der Waals surface area (Å²) in [5.74, 6) is 1.24. The highest BCUT2D eigenvalue weighted by molar-refractivity contribution is 7.47. The van der Waals surface area contributed by atoms with E-state index in [0.29, 0.717) is 32.1 Å². The van der Waals surface area contributed by atoms with Crippen LogP contribution in [0.5, 0.6) is 0 Å². The molecule has 0 aromatic carbocycles. The number of ether oxygens (including phenoxy) is 2. The molecule has 0 radical (unpaired) electrons. The van der Waals surface area contributed by atoms with Crippen LogP contribution in [0.25, 0.3) is 0 Å². The first-order valence-corrected chi connectivity index (χ1v) is 23.5. The lowest BCUT2D eigenvalue weighted by molar-refractivity contribution is -0.161. The Kier molecular flexibility index (Phi) is 32.1. The zero-order valence-corrected chi connectivity index (χ0v) is 37.7. The Morgan fingerprint density at radius 2 is 1.30 bits per heavy atom. The summed E-state index contributed by atoms with van der Waals surface area (Å²) in [6.45, 7) is 7.51. The topological polar surface area (TPSA) is 188 Å². The Hall–Kier alpha value is -3.35. The van der Waals surface area contributed by atoms with Gasteiger partial charge in [0.1, 0.15) is 18.1 Å². The van der Waals surface area contributed by atoms with Crippen molar-refractivity contribution in [1.29, 1.82) is 0 Å². The number of nitrogens with two attached hydrogens (primary N) is 1. The average Bonchev–Trinajstić information content (AvgIpc) is 3.48. The van der Waals surface area contributed by atoms with E-state index < -0.39 is 44.7 Å². The third-order valence-corrected chi connectivity index (χ3v) is 10.4. The SMILES string of the molecule is CC/C=C\C[C@@H](O)/C=C/C=C\C=C\[C@@H](O)C/C=C\C/C=C\CCC(=O)OC[C@H](COP(=O)(O)OCCN)OC(=O)CCCCCCCCCCc1oc(CCC)c(C)c1C. The van der Waals surface area contributed by atoms with E-state index in [2.05, 4.69) is 20.8 Å². The van der Waals surface area contributed by atoms with Crippen molar-refractivity contribution >= 4 is 19.8 Å². The minimum atomic E-state index is -4.44. The van der Waals surface area contributed by atoms with Gasteiger partial charge in [-0.1, -0.05) is 125 Å². The van der Waals surface area contributed by atoms with Gasteiger partial charge in [-0.15, -0.1) is 0 Å². The molecular weight excluding hydrogens is 785 g/mol. The smallest absolute Gasteiger partial charge is 0.466 e. The van der Waals surface area contributed by atoms with Crippen molar-refractivity contribution in [2.75, 3.05) is 26.4 Å². The summed E-state index contributed by atoms with van der Waals surface area (Å²) in [6.07, 6.45) is 34.3. The first-order valence-electron chi connectivity index (χ1n) is 22.0. The molecule has 0 amide bonds. The predicted octanol–water partition coefficient (Wildman–Crippen LogP) is 9.87. The highest BCUT2D eigenvalue weighted by Gasteiger charge is 2.26. The monoisotopic (exact) mass is 862 g/mol. The van der Waals surface area contributed by atoms with Crippen molar-refractivity contribution in [3.63, 3.8) is 0 Å². The molecule has 0 fully saturated rings. The highest BCUT2D eigenvalue weighted by atomic mass is 31.2. The van der Waals surface area contributed by atoms with Crippen LogP contribution in [0.15, 0.2) is 77.3 Å². The number of allylic oxidation sites excluding steroid dienone is 8. The summed E-state index contributed by atoms with van der Waals surface area (Å²) in [5.41, 5.74) is 7.94. The number of esters is 2. The molecule has 60 heavy (non-hydrogen) atoms. The van der Waals surface area contributed by atoms with Crippen LogP contribution in [-0.2, 0) is 45.5 Å². The third kappa shape index (κ3) is 29.0. The predicted molar refractivity (Wildman–Crippen MR) is 239 cm³/mol. The van der Waals surface area contributed by atoms with Crippen LogP contribution >= 0.6 is 7.82 Å². The summed E-state index contributed by atoms with van der Waals surface area (Å²) < 4.78 is 38.8. The first-order chi connectivity index (χ1) is 28.9. The second-order valence-corrected chi connectivity index (χ2v) is 16.3. The van der Waals surface area contributed by atoms with E-state index in [4.69, 9.17) is 28.7 Å². The quantitative estimate of drug-likeness (QED) is 0.0165. The summed E-state index contributed by atoms with van der Waals surface area (Å²) in [4.78, 5) is 35.0. The van der Waals surface area contributed by atoms with E-state index in [1.807, 2.05) is 43.4 Å². The zero-order chi connectivity index (χ0) is 44.3. The first kappa shape index (κ1) is 54.7. The highest BCUT2D eigenvalue weighted by Crippen LogP contribution is 2.43. The fourth-order valence-electron chi connectivity index (χ4n) is 5.94. The number of furan rings is 1. The Labute approximate surface area is 360 Å². The summed E-state index contributed by atoms with van der Waals surface area (Å²) in [6, 6.07) is 0. The van der Waals surface area contributed by atoms with Gasteiger partial charge in [0.25, 0.3) is 0 Å². The van der Waals surface area contributed by atoms with Crippen molar-refractivity contribution in [3.8, 4) is 0 Å². The van der Waals surface area contributed by atoms with E-state index >= 15 is 0 Å². The van der Waals surface area contributed by atoms with Crippen molar-refractivity contribution < 1.29 is 52.2 Å². The zero-order valence-electron chi connectivity index (χ0n) is 36.8. The van der Waals surface area contributed by atoms with E-state index in [9.17, 15) is 29.3 Å². The molecule has 1 heterocycles. The molecule has 0 aliphatic heterocycles. The van der Waals surface area contributed by atoms with Crippen molar-refractivity contribution in [2.24, 2.45) is 5.73 Å². The molecule has 1 unspecified atom stereocenters. The van der Waals surface area contributed by atoms with Gasteiger partial charge in [-0.2, -0.15) is 0 Å². The molecule has 1 aromatic rings. The number of carbonyl (C=O) groups excluding carboxylic acids is 2. The van der Waals surface area contributed by atoms with Gasteiger partial charge in [-0.25, -0.2) is 4.57 Å². The number of aliphatic hydroxyl groups excluding tert-OH is 2. The van der Waals surface area contributed by atoms with Crippen LogP contribution in [0.3, 0.4) is 0 Å². The van der Waals surface area contributed by atoms with E-state index in [1.54, 1.807) is 36.5 Å².